The third-order valence-electron chi connectivity index (χ3n) is 3.87. The lowest BCUT2D eigenvalue weighted by atomic mass is 10.1. The zero-order chi connectivity index (χ0) is 16.9. The molecule has 3 rings (SSSR count). The molecule has 4 heteroatoms. The fourth-order valence-corrected chi connectivity index (χ4v) is 2.63. The van der Waals surface area contributed by atoms with Crippen LogP contribution >= 0.6 is 0 Å². The molecule has 4 nitrogen and oxygen atoms in total. The Morgan fingerprint density at radius 3 is 2.42 bits per heavy atom. The highest BCUT2D eigenvalue weighted by Gasteiger charge is 2.03. The van der Waals surface area contributed by atoms with Crippen molar-refractivity contribution in [1.29, 1.82) is 0 Å². The number of aromatic nitrogens is 2. The molecule has 0 fully saturated rings. The summed E-state index contributed by atoms with van der Waals surface area (Å²) in [6.07, 6.45) is 1.57. The van der Waals surface area contributed by atoms with Crippen LogP contribution in [0.4, 0.5) is 17.3 Å². The van der Waals surface area contributed by atoms with Gasteiger partial charge in [-0.25, -0.2) is 9.97 Å². The highest BCUT2D eigenvalue weighted by molar-refractivity contribution is 5.62. The number of rotatable bonds is 5. The number of hydrogen-bond acceptors (Lipinski definition) is 4. The first-order valence-electron chi connectivity index (χ1n) is 8.06. The summed E-state index contributed by atoms with van der Waals surface area (Å²) in [5.74, 6) is 1.59. The van der Waals surface area contributed by atoms with Gasteiger partial charge in [0.05, 0.1) is 0 Å². The van der Waals surface area contributed by atoms with E-state index < -0.39 is 0 Å². The lowest BCUT2D eigenvalue weighted by Crippen LogP contribution is -2.03. The zero-order valence-corrected chi connectivity index (χ0v) is 14.3. The Morgan fingerprint density at radius 2 is 1.62 bits per heavy atom. The van der Waals surface area contributed by atoms with Crippen LogP contribution in [-0.4, -0.2) is 9.97 Å². The minimum atomic E-state index is 0.738. The molecular formula is C20H22N4. The number of nitrogens with one attached hydrogen (secondary N) is 2. The summed E-state index contributed by atoms with van der Waals surface area (Å²) in [4.78, 5) is 8.60. The molecule has 0 unspecified atom stereocenters. The van der Waals surface area contributed by atoms with E-state index in [4.69, 9.17) is 0 Å². The first-order valence-corrected chi connectivity index (χ1v) is 8.06. The van der Waals surface area contributed by atoms with Crippen molar-refractivity contribution >= 4 is 17.3 Å². The van der Waals surface area contributed by atoms with Crippen molar-refractivity contribution in [3.8, 4) is 0 Å². The van der Waals surface area contributed by atoms with Gasteiger partial charge in [-0.15, -0.1) is 0 Å². The maximum atomic E-state index is 4.31. The first-order chi connectivity index (χ1) is 11.6. The molecule has 0 spiro atoms. The van der Waals surface area contributed by atoms with E-state index in [1.807, 2.05) is 6.07 Å². The Morgan fingerprint density at radius 1 is 0.833 bits per heavy atom. The molecule has 0 atom stereocenters. The van der Waals surface area contributed by atoms with Gasteiger partial charge in [0.2, 0.25) is 0 Å². The third kappa shape index (κ3) is 4.10. The number of hydrogen-bond donors (Lipinski definition) is 2. The van der Waals surface area contributed by atoms with E-state index in [2.05, 4.69) is 83.8 Å². The second-order valence-corrected chi connectivity index (χ2v) is 6.07. The Bertz CT molecular complexity index is 843. The predicted molar refractivity (Wildman–Crippen MR) is 99.7 cm³/mol. The van der Waals surface area contributed by atoms with Crippen LogP contribution in [0, 0.1) is 20.8 Å². The van der Waals surface area contributed by atoms with Gasteiger partial charge in [0.15, 0.2) is 0 Å². The fourth-order valence-electron chi connectivity index (χ4n) is 2.63. The Hall–Kier alpha value is -2.88. The summed E-state index contributed by atoms with van der Waals surface area (Å²) in [5, 5.41) is 6.70. The van der Waals surface area contributed by atoms with Gasteiger partial charge in [0.1, 0.15) is 18.0 Å². The molecule has 2 N–H and O–H groups in total. The summed E-state index contributed by atoms with van der Waals surface area (Å²) >= 11 is 0. The molecule has 3 aromatic rings. The van der Waals surface area contributed by atoms with Crippen LogP contribution in [0.3, 0.4) is 0 Å². The van der Waals surface area contributed by atoms with Gasteiger partial charge in [-0.1, -0.05) is 47.5 Å². The van der Waals surface area contributed by atoms with Crippen molar-refractivity contribution < 1.29 is 0 Å². The molecule has 1 heterocycles. The van der Waals surface area contributed by atoms with Crippen LogP contribution < -0.4 is 10.6 Å². The Labute approximate surface area is 143 Å². The average molecular weight is 318 g/mol. The molecule has 0 aliphatic rings. The molecule has 122 valence electrons. The van der Waals surface area contributed by atoms with Gasteiger partial charge in [-0.05, 0) is 38.0 Å². The van der Waals surface area contributed by atoms with E-state index in [9.17, 15) is 0 Å². The van der Waals surface area contributed by atoms with Crippen molar-refractivity contribution in [2.45, 2.75) is 27.3 Å². The Kier molecular flexibility index (Phi) is 4.75. The normalized spacial score (nSPS) is 10.5. The number of benzene rings is 2. The lowest BCUT2D eigenvalue weighted by molar-refractivity contribution is 1.08. The van der Waals surface area contributed by atoms with Crippen molar-refractivity contribution in [1.82, 2.24) is 9.97 Å². The van der Waals surface area contributed by atoms with E-state index in [0.29, 0.717) is 0 Å². The van der Waals surface area contributed by atoms with E-state index >= 15 is 0 Å². The lowest BCUT2D eigenvalue weighted by Gasteiger charge is -2.11. The van der Waals surface area contributed by atoms with E-state index in [0.717, 1.165) is 23.9 Å². The highest BCUT2D eigenvalue weighted by atomic mass is 15.1. The molecule has 0 saturated heterocycles. The maximum absolute atomic E-state index is 4.31. The van der Waals surface area contributed by atoms with Gasteiger partial charge in [-0.2, -0.15) is 0 Å². The monoisotopic (exact) mass is 318 g/mol. The minimum absolute atomic E-state index is 0.738. The maximum Gasteiger partial charge on any atom is 0.135 e. The molecule has 0 radical (unpaired) electrons. The predicted octanol–water partition coefficient (Wildman–Crippen LogP) is 4.76. The van der Waals surface area contributed by atoms with Crippen LogP contribution in [-0.2, 0) is 6.54 Å². The van der Waals surface area contributed by atoms with Gasteiger partial charge in [0.25, 0.3) is 0 Å². The van der Waals surface area contributed by atoms with Crippen molar-refractivity contribution in [3.05, 3.63) is 77.1 Å². The van der Waals surface area contributed by atoms with E-state index in [1.165, 1.54) is 22.3 Å². The molecule has 0 bridgehead atoms. The summed E-state index contributed by atoms with van der Waals surface area (Å²) in [7, 11) is 0. The molecule has 0 aliphatic heterocycles. The highest BCUT2D eigenvalue weighted by Crippen LogP contribution is 2.21. The summed E-state index contributed by atoms with van der Waals surface area (Å²) < 4.78 is 0. The first kappa shape index (κ1) is 16.0. The second kappa shape index (κ2) is 7.13. The van der Waals surface area contributed by atoms with Gasteiger partial charge in [0, 0.05) is 18.3 Å². The fraction of sp³-hybridized carbons (Fsp3) is 0.200. The van der Waals surface area contributed by atoms with Crippen molar-refractivity contribution in [2.24, 2.45) is 0 Å². The smallest absolute Gasteiger partial charge is 0.135 e. The number of nitrogens with zero attached hydrogens (tertiary/aromatic N) is 2. The van der Waals surface area contributed by atoms with Gasteiger partial charge < -0.3 is 10.6 Å². The zero-order valence-electron chi connectivity index (χ0n) is 14.3. The Balaban J connectivity index is 1.69. The summed E-state index contributed by atoms with van der Waals surface area (Å²) in [6, 6.07) is 16.7. The minimum Gasteiger partial charge on any atom is -0.366 e. The molecule has 0 saturated carbocycles. The number of aryl methyl sites for hydroxylation is 3. The quantitative estimate of drug-likeness (QED) is 0.712. The topological polar surface area (TPSA) is 49.8 Å². The van der Waals surface area contributed by atoms with Crippen molar-refractivity contribution in [3.63, 3.8) is 0 Å². The average Bonchev–Trinajstić information content (AvgIpc) is 2.56. The molecule has 2 aromatic carbocycles. The molecule has 24 heavy (non-hydrogen) atoms. The van der Waals surface area contributed by atoms with Crippen LogP contribution in [0.2, 0.25) is 0 Å². The van der Waals surface area contributed by atoms with E-state index in [-0.39, 0.29) is 0 Å². The van der Waals surface area contributed by atoms with Gasteiger partial charge in [-0.3, -0.25) is 0 Å². The molecule has 0 aliphatic carbocycles. The molecular weight excluding hydrogens is 296 g/mol. The van der Waals surface area contributed by atoms with Crippen molar-refractivity contribution in [2.75, 3.05) is 10.6 Å². The van der Waals surface area contributed by atoms with Crippen LogP contribution in [0.15, 0.2) is 54.9 Å². The van der Waals surface area contributed by atoms with E-state index in [1.54, 1.807) is 6.33 Å². The SMILES string of the molecule is Cc1cccc(CNc2cc(Nc3ccc(C)cc3C)ncn2)c1. The van der Waals surface area contributed by atoms with Crippen LogP contribution in [0.1, 0.15) is 22.3 Å². The molecule has 0 amide bonds. The number of anilines is 3. The largest absolute Gasteiger partial charge is 0.366 e. The summed E-state index contributed by atoms with van der Waals surface area (Å²) in [5.41, 5.74) is 6.00. The van der Waals surface area contributed by atoms with Crippen LogP contribution in [0.25, 0.3) is 0 Å². The third-order valence-corrected chi connectivity index (χ3v) is 3.87. The van der Waals surface area contributed by atoms with Crippen LogP contribution in [0.5, 0.6) is 0 Å². The standard InChI is InChI=1S/C20H22N4/c1-14-5-4-6-17(10-14)12-21-19-11-20(23-13-22-19)24-18-8-7-15(2)9-16(18)3/h4-11,13H,12H2,1-3H3,(H2,21,22,23,24). The second-order valence-electron chi connectivity index (χ2n) is 6.07. The molecule has 1 aromatic heterocycles. The van der Waals surface area contributed by atoms with Gasteiger partial charge >= 0.3 is 0 Å². The summed E-state index contributed by atoms with van der Waals surface area (Å²) in [6.45, 7) is 7.02.